The van der Waals surface area contributed by atoms with Crippen molar-refractivity contribution in [3.8, 4) is 0 Å². The van der Waals surface area contributed by atoms with Crippen LogP contribution in [0.15, 0.2) is 0 Å². The SMILES string of the molecule is COCC[C@H](O)C(O)CO. The lowest BCUT2D eigenvalue weighted by molar-refractivity contribution is -0.0267. The Balaban J connectivity index is 3.31. The molecule has 0 radical (unpaired) electrons. The first-order valence-corrected chi connectivity index (χ1v) is 3.18. The summed E-state index contributed by atoms with van der Waals surface area (Å²) in [5.74, 6) is 0. The first-order chi connectivity index (χ1) is 4.72. The van der Waals surface area contributed by atoms with Crippen molar-refractivity contribution in [3.05, 3.63) is 0 Å². The second-order valence-electron chi connectivity index (χ2n) is 2.10. The summed E-state index contributed by atoms with van der Waals surface area (Å²) < 4.78 is 4.65. The molecule has 0 aliphatic carbocycles. The van der Waals surface area contributed by atoms with Crippen LogP contribution < -0.4 is 0 Å². The molecular weight excluding hydrogens is 136 g/mol. The zero-order valence-corrected chi connectivity index (χ0v) is 6.03. The van der Waals surface area contributed by atoms with Gasteiger partial charge in [-0.25, -0.2) is 0 Å². The molecule has 1 unspecified atom stereocenters. The highest BCUT2D eigenvalue weighted by Crippen LogP contribution is 1.97. The molecule has 0 heterocycles. The molecule has 0 aromatic heterocycles. The van der Waals surface area contributed by atoms with E-state index in [2.05, 4.69) is 4.74 Å². The third-order valence-electron chi connectivity index (χ3n) is 1.25. The lowest BCUT2D eigenvalue weighted by Gasteiger charge is -2.14. The summed E-state index contributed by atoms with van der Waals surface area (Å²) in [6.07, 6.45) is -1.59. The van der Waals surface area contributed by atoms with Gasteiger partial charge in [0.2, 0.25) is 0 Å². The van der Waals surface area contributed by atoms with E-state index in [1.165, 1.54) is 7.11 Å². The summed E-state index contributed by atoms with van der Waals surface area (Å²) in [6, 6.07) is 0. The quantitative estimate of drug-likeness (QED) is 0.457. The molecule has 3 N–H and O–H groups in total. The van der Waals surface area contributed by atoms with Crippen LogP contribution in [0, 0.1) is 0 Å². The first kappa shape index (κ1) is 9.84. The molecule has 0 rings (SSSR count). The van der Waals surface area contributed by atoms with Crippen molar-refractivity contribution in [2.24, 2.45) is 0 Å². The Hall–Kier alpha value is -0.160. The van der Waals surface area contributed by atoms with Crippen LogP contribution in [0.5, 0.6) is 0 Å². The standard InChI is InChI=1S/C6H14O4/c1-10-3-2-5(8)6(9)4-7/h5-9H,2-4H2,1H3/t5-,6?/m0/s1. The predicted octanol–water partition coefficient (Wildman–Crippen LogP) is -1.26. The van der Waals surface area contributed by atoms with Gasteiger partial charge in [0, 0.05) is 13.7 Å². The smallest absolute Gasteiger partial charge is 0.103 e. The van der Waals surface area contributed by atoms with Crippen molar-refractivity contribution in [2.75, 3.05) is 20.3 Å². The van der Waals surface area contributed by atoms with Crippen LogP contribution in [0.4, 0.5) is 0 Å². The molecule has 0 saturated carbocycles. The Kier molecular flexibility index (Phi) is 5.52. The van der Waals surface area contributed by atoms with Crippen LogP contribution in [-0.4, -0.2) is 47.9 Å². The van der Waals surface area contributed by atoms with Crippen LogP contribution in [0.3, 0.4) is 0 Å². The number of rotatable bonds is 5. The second kappa shape index (κ2) is 5.61. The van der Waals surface area contributed by atoms with Crippen LogP contribution in [0.25, 0.3) is 0 Å². The van der Waals surface area contributed by atoms with Crippen LogP contribution in [0.2, 0.25) is 0 Å². The maximum atomic E-state index is 8.96. The van der Waals surface area contributed by atoms with Gasteiger partial charge in [0.25, 0.3) is 0 Å². The fourth-order valence-corrected chi connectivity index (χ4v) is 0.553. The van der Waals surface area contributed by atoms with E-state index in [9.17, 15) is 0 Å². The summed E-state index contributed by atoms with van der Waals surface area (Å²) in [4.78, 5) is 0. The average molecular weight is 150 g/mol. The Morgan fingerprint density at radius 3 is 2.30 bits per heavy atom. The van der Waals surface area contributed by atoms with Gasteiger partial charge >= 0.3 is 0 Å². The van der Waals surface area contributed by atoms with Gasteiger partial charge < -0.3 is 20.1 Å². The van der Waals surface area contributed by atoms with Crippen LogP contribution >= 0.6 is 0 Å². The summed E-state index contributed by atoms with van der Waals surface area (Å²) in [7, 11) is 1.51. The van der Waals surface area contributed by atoms with E-state index in [4.69, 9.17) is 15.3 Å². The normalized spacial score (nSPS) is 16.8. The van der Waals surface area contributed by atoms with Crippen molar-refractivity contribution in [1.29, 1.82) is 0 Å². The molecule has 0 amide bonds. The molecule has 0 aliphatic heterocycles. The van der Waals surface area contributed by atoms with E-state index < -0.39 is 18.8 Å². The van der Waals surface area contributed by atoms with Gasteiger partial charge in [0.05, 0.1) is 12.7 Å². The maximum Gasteiger partial charge on any atom is 0.103 e. The lowest BCUT2D eigenvalue weighted by atomic mass is 10.1. The molecule has 0 fully saturated rings. The van der Waals surface area contributed by atoms with Crippen molar-refractivity contribution in [3.63, 3.8) is 0 Å². The number of methoxy groups -OCH3 is 1. The zero-order chi connectivity index (χ0) is 7.98. The molecular formula is C6H14O4. The molecule has 2 atom stereocenters. The number of hydrogen-bond donors (Lipinski definition) is 3. The largest absolute Gasteiger partial charge is 0.394 e. The highest BCUT2D eigenvalue weighted by molar-refractivity contribution is 4.64. The number of ether oxygens (including phenoxy) is 1. The van der Waals surface area contributed by atoms with Gasteiger partial charge in [-0.15, -0.1) is 0 Å². The van der Waals surface area contributed by atoms with Gasteiger partial charge in [-0.05, 0) is 6.42 Å². The van der Waals surface area contributed by atoms with E-state index in [1.807, 2.05) is 0 Å². The summed E-state index contributed by atoms with van der Waals surface area (Å²) in [5.41, 5.74) is 0. The minimum atomic E-state index is -1.05. The van der Waals surface area contributed by atoms with E-state index in [0.717, 1.165) is 0 Å². The predicted molar refractivity (Wildman–Crippen MR) is 35.6 cm³/mol. The fourth-order valence-electron chi connectivity index (χ4n) is 0.553. The summed E-state index contributed by atoms with van der Waals surface area (Å²) in [6.45, 7) is -0.0247. The zero-order valence-electron chi connectivity index (χ0n) is 6.03. The highest BCUT2D eigenvalue weighted by Gasteiger charge is 2.13. The van der Waals surface area contributed by atoms with Gasteiger partial charge in [-0.3, -0.25) is 0 Å². The van der Waals surface area contributed by atoms with Gasteiger partial charge in [-0.2, -0.15) is 0 Å². The molecule has 4 heteroatoms. The number of aliphatic hydroxyl groups is 3. The highest BCUT2D eigenvalue weighted by atomic mass is 16.5. The van der Waals surface area contributed by atoms with E-state index >= 15 is 0 Å². The monoisotopic (exact) mass is 150 g/mol. The first-order valence-electron chi connectivity index (χ1n) is 3.18. The van der Waals surface area contributed by atoms with Gasteiger partial charge in [0.15, 0.2) is 0 Å². The Morgan fingerprint density at radius 2 is 1.90 bits per heavy atom. The third-order valence-corrected chi connectivity index (χ3v) is 1.25. The maximum absolute atomic E-state index is 8.96. The molecule has 4 nitrogen and oxygen atoms in total. The van der Waals surface area contributed by atoms with E-state index in [0.29, 0.717) is 13.0 Å². The minimum absolute atomic E-state index is 0.345. The van der Waals surface area contributed by atoms with E-state index in [1.54, 1.807) is 0 Å². The van der Waals surface area contributed by atoms with Crippen molar-refractivity contribution in [2.45, 2.75) is 18.6 Å². The Labute approximate surface area is 60.1 Å². The molecule has 0 bridgehead atoms. The second-order valence-corrected chi connectivity index (χ2v) is 2.10. The van der Waals surface area contributed by atoms with E-state index in [-0.39, 0.29) is 0 Å². The van der Waals surface area contributed by atoms with Gasteiger partial charge in [-0.1, -0.05) is 0 Å². The van der Waals surface area contributed by atoms with Crippen LogP contribution in [-0.2, 0) is 4.74 Å². The molecule has 0 aromatic carbocycles. The number of hydrogen-bond acceptors (Lipinski definition) is 4. The van der Waals surface area contributed by atoms with Crippen molar-refractivity contribution < 1.29 is 20.1 Å². The van der Waals surface area contributed by atoms with Crippen molar-refractivity contribution >= 4 is 0 Å². The Morgan fingerprint density at radius 1 is 1.30 bits per heavy atom. The lowest BCUT2D eigenvalue weighted by Crippen LogP contribution is -2.30. The summed E-state index contributed by atoms with van der Waals surface area (Å²) in [5, 5.41) is 26.1. The number of aliphatic hydroxyl groups excluding tert-OH is 3. The summed E-state index contributed by atoms with van der Waals surface area (Å²) >= 11 is 0. The molecule has 0 saturated heterocycles. The molecule has 10 heavy (non-hydrogen) atoms. The molecule has 0 aromatic rings. The minimum Gasteiger partial charge on any atom is -0.394 e. The van der Waals surface area contributed by atoms with Gasteiger partial charge in [0.1, 0.15) is 6.10 Å². The third kappa shape index (κ3) is 3.79. The van der Waals surface area contributed by atoms with Crippen molar-refractivity contribution in [1.82, 2.24) is 0 Å². The molecule has 0 spiro atoms. The fraction of sp³-hybridized carbons (Fsp3) is 1.00. The Bertz CT molecular complexity index is 76.1. The van der Waals surface area contributed by atoms with Crippen LogP contribution in [0.1, 0.15) is 6.42 Å². The average Bonchev–Trinajstić information content (AvgIpc) is 1.98. The molecule has 0 aliphatic rings. The topological polar surface area (TPSA) is 69.9 Å². The molecule has 62 valence electrons.